The summed E-state index contributed by atoms with van der Waals surface area (Å²) in [6.07, 6.45) is 26.6. The van der Waals surface area contributed by atoms with Crippen molar-refractivity contribution >= 4 is 13.7 Å². The summed E-state index contributed by atoms with van der Waals surface area (Å²) in [6, 6.07) is -0.760. The fourth-order valence-corrected chi connectivity index (χ4v) is 5.16. The third-order valence-electron chi connectivity index (χ3n) is 7.20. The summed E-state index contributed by atoms with van der Waals surface area (Å²) in [5.41, 5.74) is 0. The zero-order chi connectivity index (χ0) is 31.5. The molecule has 0 rings (SSSR count). The number of unbranched alkanes of at least 4 members (excludes halogenated alkanes) is 12. The Morgan fingerprint density at radius 2 is 1.36 bits per heavy atom. The number of carbonyl (C=O) groups is 1. The van der Waals surface area contributed by atoms with Gasteiger partial charge in [0.15, 0.2) is 0 Å². The molecule has 248 valence electrons. The van der Waals surface area contributed by atoms with E-state index in [1.807, 2.05) is 21.1 Å². The Balaban J connectivity index is 4.40. The van der Waals surface area contributed by atoms with E-state index in [2.05, 4.69) is 43.5 Å². The van der Waals surface area contributed by atoms with Crippen molar-refractivity contribution in [3.05, 3.63) is 24.3 Å². The number of carbonyl (C=O) groups excluding carboxylic acids is 1. The molecule has 0 radical (unpaired) electrons. The molecule has 1 amide bonds. The minimum Gasteiger partial charge on any atom is -0.391 e. The van der Waals surface area contributed by atoms with Crippen LogP contribution >= 0.6 is 7.82 Å². The monoisotopic (exact) mass is 617 g/mol. The molecule has 0 aliphatic heterocycles. The van der Waals surface area contributed by atoms with E-state index in [-0.39, 0.29) is 19.1 Å². The first kappa shape index (κ1) is 41.0. The van der Waals surface area contributed by atoms with E-state index in [4.69, 9.17) is 9.05 Å². The van der Waals surface area contributed by atoms with Gasteiger partial charge in [0, 0.05) is 6.42 Å². The van der Waals surface area contributed by atoms with Crippen molar-refractivity contribution in [2.24, 2.45) is 0 Å². The number of phosphoric acid groups is 1. The Bertz CT molecular complexity index is 753. The Morgan fingerprint density at radius 1 is 0.810 bits per heavy atom. The molecule has 0 aromatic heterocycles. The van der Waals surface area contributed by atoms with Gasteiger partial charge in [0.1, 0.15) is 13.2 Å². The highest BCUT2D eigenvalue weighted by Crippen LogP contribution is 2.43. The Kier molecular flexibility index (Phi) is 25.7. The summed E-state index contributed by atoms with van der Waals surface area (Å²) >= 11 is 0. The van der Waals surface area contributed by atoms with Crippen LogP contribution in [0.2, 0.25) is 0 Å². The minimum absolute atomic E-state index is 0.0705. The number of likely N-dealkylation sites (N-methyl/N-ethyl adjacent to an activating group) is 1. The van der Waals surface area contributed by atoms with Gasteiger partial charge in [-0.2, -0.15) is 0 Å². The molecule has 0 saturated carbocycles. The highest BCUT2D eigenvalue weighted by atomic mass is 31.2. The molecule has 0 aliphatic rings. The maximum atomic E-state index is 12.7. The van der Waals surface area contributed by atoms with Crippen molar-refractivity contribution in [3.8, 4) is 0 Å². The van der Waals surface area contributed by atoms with Crippen LogP contribution in [-0.4, -0.2) is 73.4 Å². The maximum absolute atomic E-state index is 12.7. The average Bonchev–Trinajstić information content (AvgIpc) is 2.92. The number of phosphoric ester groups is 1. The number of amides is 1. The average molecular weight is 618 g/mol. The second kappa shape index (κ2) is 26.4. The third-order valence-corrected chi connectivity index (χ3v) is 8.19. The highest BCUT2D eigenvalue weighted by Gasteiger charge is 2.28. The molecule has 0 aromatic rings. The van der Waals surface area contributed by atoms with Gasteiger partial charge in [-0.05, 0) is 44.9 Å². The van der Waals surface area contributed by atoms with E-state index in [0.29, 0.717) is 23.9 Å². The summed E-state index contributed by atoms with van der Waals surface area (Å²) in [4.78, 5) is 22.8. The molecular weight excluding hydrogens is 551 g/mol. The zero-order valence-corrected chi connectivity index (χ0v) is 28.6. The molecule has 9 heteroatoms. The normalized spacial score (nSPS) is 15.3. The van der Waals surface area contributed by atoms with Crippen molar-refractivity contribution in [2.45, 2.75) is 142 Å². The molecule has 3 N–H and O–H groups in total. The quantitative estimate of drug-likeness (QED) is 0.0342. The van der Waals surface area contributed by atoms with Crippen LogP contribution in [0.5, 0.6) is 0 Å². The zero-order valence-electron chi connectivity index (χ0n) is 27.7. The van der Waals surface area contributed by atoms with Crippen molar-refractivity contribution < 1.29 is 32.9 Å². The van der Waals surface area contributed by atoms with E-state index in [9.17, 15) is 19.4 Å². The lowest BCUT2D eigenvalue weighted by atomic mass is 10.0. The van der Waals surface area contributed by atoms with Crippen molar-refractivity contribution in [2.75, 3.05) is 40.9 Å². The number of allylic oxidation sites excluding steroid dienone is 4. The molecule has 3 unspecified atom stereocenters. The molecule has 0 aromatic carbocycles. The smallest absolute Gasteiger partial charge is 0.391 e. The van der Waals surface area contributed by atoms with Gasteiger partial charge >= 0.3 is 7.82 Å². The number of hydrogen-bond donors (Lipinski definition) is 3. The molecule has 3 atom stereocenters. The first-order valence-electron chi connectivity index (χ1n) is 16.7. The molecule has 0 aliphatic carbocycles. The number of aliphatic hydroxyl groups excluding tert-OH is 1. The topological polar surface area (TPSA) is 105 Å². The Morgan fingerprint density at radius 3 is 2.00 bits per heavy atom. The van der Waals surface area contributed by atoms with Gasteiger partial charge < -0.3 is 19.8 Å². The first-order chi connectivity index (χ1) is 20.0. The second-order valence-electron chi connectivity index (χ2n) is 12.5. The molecular formula is C33H66N2O6P+. The molecule has 8 nitrogen and oxygen atoms in total. The van der Waals surface area contributed by atoms with Crippen LogP contribution in [0.4, 0.5) is 0 Å². The van der Waals surface area contributed by atoms with E-state index in [1.165, 1.54) is 25.7 Å². The number of hydrogen-bond acceptors (Lipinski definition) is 5. The number of nitrogens with one attached hydrogen (secondary N) is 1. The van der Waals surface area contributed by atoms with Crippen LogP contribution in [0, 0.1) is 0 Å². The van der Waals surface area contributed by atoms with Crippen LogP contribution < -0.4 is 5.32 Å². The fraction of sp³-hybridized carbons (Fsp3) is 0.848. The predicted molar refractivity (Wildman–Crippen MR) is 175 cm³/mol. The van der Waals surface area contributed by atoms with Crippen molar-refractivity contribution in [1.82, 2.24) is 5.32 Å². The molecule has 0 bridgehead atoms. The van der Waals surface area contributed by atoms with Gasteiger partial charge in [-0.15, -0.1) is 0 Å². The highest BCUT2D eigenvalue weighted by molar-refractivity contribution is 7.47. The first-order valence-corrected chi connectivity index (χ1v) is 18.2. The van der Waals surface area contributed by atoms with E-state index in [1.54, 1.807) is 0 Å². The summed E-state index contributed by atoms with van der Waals surface area (Å²) in [6.45, 7) is 4.72. The van der Waals surface area contributed by atoms with E-state index < -0.39 is 20.0 Å². The molecule has 0 fully saturated rings. The number of nitrogens with zero attached hydrogens (tertiary/aromatic N) is 1. The summed E-state index contributed by atoms with van der Waals surface area (Å²) in [5.74, 6) is -0.168. The Labute approximate surface area is 258 Å². The van der Waals surface area contributed by atoms with Gasteiger partial charge in [0.05, 0.1) is 39.9 Å². The third kappa shape index (κ3) is 27.8. The van der Waals surface area contributed by atoms with Crippen LogP contribution in [-0.2, 0) is 18.4 Å². The summed E-state index contributed by atoms with van der Waals surface area (Å²) in [7, 11) is 1.59. The minimum atomic E-state index is -4.29. The van der Waals surface area contributed by atoms with Crippen LogP contribution in [0.25, 0.3) is 0 Å². The molecule has 0 heterocycles. The predicted octanol–water partition coefficient (Wildman–Crippen LogP) is 7.85. The number of quaternary nitrogens is 1. The van der Waals surface area contributed by atoms with Crippen molar-refractivity contribution in [3.63, 3.8) is 0 Å². The van der Waals surface area contributed by atoms with Crippen LogP contribution in [0.1, 0.15) is 129 Å². The van der Waals surface area contributed by atoms with Gasteiger partial charge in [0.25, 0.3) is 0 Å². The van der Waals surface area contributed by atoms with Gasteiger partial charge in [-0.25, -0.2) is 4.57 Å². The fourth-order valence-electron chi connectivity index (χ4n) is 4.42. The summed E-state index contributed by atoms with van der Waals surface area (Å²) < 4.78 is 23.3. The second-order valence-corrected chi connectivity index (χ2v) is 14.0. The van der Waals surface area contributed by atoms with Crippen LogP contribution in [0.3, 0.4) is 0 Å². The molecule has 42 heavy (non-hydrogen) atoms. The maximum Gasteiger partial charge on any atom is 0.472 e. The van der Waals surface area contributed by atoms with Crippen molar-refractivity contribution in [1.29, 1.82) is 0 Å². The lowest BCUT2D eigenvalue weighted by Gasteiger charge is -2.26. The largest absolute Gasteiger partial charge is 0.472 e. The van der Waals surface area contributed by atoms with Gasteiger partial charge in [-0.3, -0.25) is 13.8 Å². The molecule has 0 saturated heterocycles. The Hall–Kier alpha value is -1.02. The standard InChI is InChI=1S/C33H65N2O6P/c1-6-8-10-12-13-14-15-16-17-18-19-20-21-23-25-27-33(37)34-31(32(36)26-24-22-11-9-7-2)30-41-42(38,39)40-29-28-35(3,4)5/h13-14,16-17,31-32,36H,6-12,15,18-30H2,1-5H3,(H-,34,37,38,39)/p+1/b14-13-,17-16-. The van der Waals surface area contributed by atoms with E-state index in [0.717, 1.165) is 77.0 Å². The van der Waals surface area contributed by atoms with E-state index >= 15 is 0 Å². The lowest BCUT2D eigenvalue weighted by Crippen LogP contribution is -2.46. The SMILES string of the molecule is CCCCC/C=C\C/C=C\CCCCCCCC(=O)NC(COP(=O)(O)OCC[N+](C)(C)C)C(O)CCCCCCC. The number of aliphatic hydroxyl groups is 1. The summed E-state index contributed by atoms with van der Waals surface area (Å²) in [5, 5.41) is 13.6. The molecule has 0 spiro atoms. The van der Waals surface area contributed by atoms with Crippen LogP contribution in [0.15, 0.2) is 24.3 Å². The van der Waals surface area contributed by atoms with Gasteiger partial charge in [-0.1, -0.05) is 102 Å². The number of rotatable bonds is 29. The van der Waals surface area contributed by atoms with Gasteiger partial charge in [0.2, 0.25) is 5.91 Å². The lowest BCUT2D eigenvalue weighted by molar-refractivity contribution is -0.870.